The van der Waals surface area contributed by atoms with E-state index in [4.69, 9.17) is 4.74 Å². The predicted molar refractivity (Wildman–Crippen MR) is 119 cm³/mol. The van der Waals surface area contributed by atoms with Crippen LogP contribution in [0.5, 0.6) is 5.75 Å². The molecular weight excluding hydrogens is 420 g/mol. The zero-order valence-corrected chi connectivity index (χ0v) is 18.1. The zero-order chi connectivity index (χ0) is 22.7. The quantitative estimate of drug-likeness (QED) is 0.629. The highest BCUT2D eigenvalue weighted by atomic mass is 16.5. The Bertz CT molecular complexity index is 1340. The van der Waals surface area contributed by atoms with Gasteiger partial charge in [0, 0.05) is 43.1 Å². The number of fused-ring (bicyclic) bond motifs is 2. The van der Waals surface area contributed by atoms with E-state index in [1.165, 1.54) is 5.56 Å². The number of hydrogen-bond acceptors (Lipinski definition) is 5. The van der Waals surface area contributed by atoms with Crippen LogP contribution >= 0.6 is 0 Å². The number of aryl methyl sites for hydroxylation is 1. The standard InChI is InChI=1S/C25H22N4O4/c1-28-23(16-3-6-21-15(11-16)8-9-33-21)19(12-26-28)14-2-4-18-17(10-14)13-29(25(18)32)20-5-7-22(30)27-24(20)31/h2-4,6,10-12,20H,5,7-9,13H2,1H3,(H,27,30,31). The van der Waals surface area contributed by atoms with Gasteiger partial charge in [-0.1, -0.05) is 6.07 Å². The van der Waals surface area contributed by atoms with Crippen molar-refractivity contribution in [1.82, 2.24) is 20.0 Å². The van der Waals surface area contributed by atoms with Gasteiger partial charge in [-0.05, 0) is 53.4 Å². The molecule has 166 valence electrons. The molecule has 3 aliphatic heterocycles. The molecule has 0 saturated carbocycles. The summed E-state index contributed by atoms with van der Waals surface area (Å²) in [4.78, 5) is 38.4. The third-order valence-electron chi connectivity index (χ3n) is 6.74. The van der Waals surface area contributed by atoms with Gasteiger partial charge in [0.05, 0.1) is 18.5 Å². The Morgan fingerprint density at radius 1 is 1.00 bits per heavy atom. The van der Waals surface area contributed by atoms with Crippen LogP contribution in [0.4, 0.5) is 0 Å². The number of aromatic nitrogens is 2. The Kier molecular flexibility index (Phi) is 4.36. The molecule has 1 N–H and O–H groups in total. The third kappa shape index (κ3) is 3.13. The molecule has 2 aromatic carbocycles. The first-order valence-electron chi connectivity index (χ1n) is 11.1. The van der Waals surface area contributed by atoms with E-state index in [0.29, 0.717) is 25.1 Å². The molecule has 6 rings (SSSR count). The predicted octanol–water partition coefficient (Wildman–Crippen LogP) is 2.45. The highest BCUT2D eigenvalue weighted by molar-refractivity contribution is 6.05. The van der Waals surface area contributed by atoms with E-state index in [1.807, 2.05) is 48.3 Å². The van der Waals surface area contributed by atoms with Crippen molar-refractivity contribution in [3.05, 3.63) is 59.3 Å². The second-order valence-corrected chi connectivity index (χ2v) is 8.72. The van der Waals surface area contributed by atoms with Crippen molar-refractivity contribution in [3.63, 3.8) is 0 Å². The van der Waals surface area contributed by atoms with Crippen molar-refractivity contribution in [2.75, 3.05) is 6.61 Å². The summed E-state index contributed by atoms with van der Waals surface area (Å²) >= 11 is 0. The lowest BCUT2D eigenvalue weighted by Gasteiger charge is -2.29. The number of amides is 3. The summed E-state index contributed by atoms with van der Waals surface area (Å²) in [5.74, 6) is 0.0795. The second kappa shape index (κ2) is 7.30. The first-order valence-corrected chi connectivity index (χ1v) is 11.1. The first kappa shape index (κ1) is 19.7. The summed E-state index contributed by atoms with van der Waals surface area (Å²) in [5, 5.41) is 6.85. The molecular formula is C25H22N4O4. The smallest absolute Gasteiger partial charge is 0.255 e. The molecule has 1 fully saturated rings. The van der Waals surface area contributed by atoms with Gasteiger partial charge in [-0.2, -0.15) is 5.10 Å². The molecule has 0 radical (unpaired) electrons. The number of piperidine rings is 1. The maximum atomic E-state index is 13.0. The van der Waals surface area contributed by atoms with E-state index in [0.717, 1.165) is 40.1 Å². The van der Waals surface area contributed by atoms with Crippen molar-refractivity contribution in [1.29, 1.82) is 0 Å². The molecule has 1 unspecified atom stereocenters. The molecule has 8 nitrogen and oxygen atoms in total. The number of carbonyl (C=O) groups is 3. The maximum Gasteiger partial charge on any atom is 0.255 e. The minimum absolute atomic E-state index is 0.170. The van der Waals surface area contributed by atoms with E-state index >= 15 is 0 Å². The molecule has 0 spiro atoms. The summed E-state index contributed by atoms with van der Waals surface area (Å²) in [6, 6.07) is 11.4. The van der Waals surface area contributed by atoms with Crippen LogP contribution in [0, 0.1) is 0 Å². The Balaban J connectivity index is 1.34. The number of imide groups is 1. The van der Waals surface area contributed by atoms with Crippen molar-refractivity contribution in [3.8, 4) is 28.1 Å². The summed E-state index contributed by atoms with van der Waals surface area (Å²) in [6.45, 7) is 1.06. The molecule has 3 aromatic rings. The number of hydrogen-bond donors (Lipinski definition) is 1. The average molecular weight is 442 g/mol. The summed E-state index contributed by atoms with van der Waals surface area (Å²) in [5.41, 5.74) is 6.67. The number of nitrogens with one attached hydrogen (secondary N) is 1. The first-order chi connectivity index (χ1) is 16.0. The summed E-state index contributed by atoms with van der Waals surface area (Å²) in [7, 11) is 1.92. The van der Waals surface area contributed by atoms with Gasteiger partial charge in [0.25, 0.3) is 5.91 Å². The van der Waals surface area contributed by atoms with Crippen LogP contribution in [0.15, 0.2) is 42.6 Å². The van der Waals surface area contributed by atoms with Crippen LogP contribution in [0.2, 0.25) is 0 Å². The van der Waals surface area contributed by atoms with Gasteiger partial charge in [0.1, 0.15) is 11.8 Å². The minimum atomic E-state index is -0.617. The van der Waals surface area contributed by atoms with Crippen LogP contribution in [0.3, 0.4) is 0 Å². The monoisotopic (exact) mass is 442 g/mol. The van der Waals surface area contributed by atoms with Crippen LogP contribution in [-0.2, 0) is 29.6 Å². The van der Waals surface area contributed by atoms with E-state index in [1.54, 1.807) is 4.90 Å². The topological polar surface area (TPSA) is 93.5 Å². The van der Waals surface area contributed by atoms with Gasteiger partial charge < -0.3 is 9.64 Å². The van der Waals surface area contributed by atoms with E-state index in [2.05, 4.69) is 16.5 Å². The van der Waals surface area contributed by atoms with Crippen LogP contribution in [-0.4, -0.2) is 45.1 Å². The maximum absolute atomic E-state index is 13.0. The van der Waals surface area contributed by atoms with Gasteiger partial charge in [-0.15, -0.1) is 0 Å². The summed E-state index contributed by atoms with van der Waals surface area (Å²) in [6.07, 6.45) is 3.34. The fraction of sp³-hybridized carbons (Fsp3) is 0.280. The number of nitrogens with zero attached hydrogens (tertiary/aromatic N) is 3. The molecule has 33 heavy (non-hydrogen) atoms. The van der Waals surface area contributed by atoms with E-state index in [9.17, 15) is 14.4 Å². The fourth-order valence-corrected chi connectivity index (χ4v) is 5.07. The highest BCUT2D eigenvalue weighted by Gasteiger charge is 2.39. The van der Waals surface area contributed by atoms with E-state index < -0.39 is 11.9 Å². The van der Waals surface area contributed by atoms with Crippen molar-refractivity contribution >= 4 is 17.7 Å². The number of rotatable bonds is 3. The molecule has 4 heterocycles. The van der Waals surface area contributed by atoms with Crippen molar-refractivity contribution in [2.45, 2.75) is 31.8 Å². The number of benzene rings is 2. The molecule has 8 heteroatoms. The largest absolute Gasteiger partial charge is 0.493 e. The Morgan fingerprint density at radius 2 is 1.82 bits per heavy atom. The zero-order valence-electron chi connectivity index (χ0n) is 18.1. The number of ether oxygens (including phenoxy) is 1. The van der Waals surface area contributed by atoms with Gasteiger partial charge in [0.2, 0.25) is 11.8 Å². The van der Waals surface area contributed by atoms with Crippen LogP contribution < -0.4 is 10.1 Å². The summed E-state index contributed by atoms with van der Waals surface area (Å²) < 4.78 is 7.51. The average Bonchev–Trinajstić information content (AvgIpc) is 3.50. The van der Waals surface area contributed by atoms with Gasteiger partial charge in [0.15, 0.2) is 0 Å². The normalized spacial score (nSPS) is 19.4. The highest BCUT2D eigenvalue weighted by Crippen LogP contribution is 2.37. The van der Waals surface area contributed by atoms with Gasteiger partial charge in [-0.25, -0.2) is 0 Å². The van der Waals surface area contributed by atoms with Crippen LogP contribution in [0.1, 0.15) is 34.3 Å². The third-order valence-corrected chi connectivity index (χ3v) is 6.74. The Morgan fingerprint density at radius 3 is 2.67 bits per heavy atom. The lowest BCUT2D eigenvalue weighted by atomic mass is 9.97. The van der Waals surface area contributed by atoms with Crippen LogP contribution in [0.25, 0.3) is 22.4 Å². The lowest BCUT2D eigenvalue weighted by molar-refractivity contribution is -0.136. The molecule has 1 saturated heterocycles. The van der Waals surface area contributed by atoms with E-state index in [-0.39, 0.29) is 18.2 Å². The molecule has 3 amide bonds. The fourth-order valence-electron chi connectivity index (χ4n) is 5.07. The SMILES string of the molecule is Cn1ncc(-c2ccc3c(c2)CN(C2CCC(=O)NC2=O)C3=O)c1-c1ccc2c(c1)CCO2. The lowest BCUT2D eigenvalue weighted by Crippen LogP contribution is -2.52. The van der Waals surface area contributed by atoms with Crippen molar-refractivity contribution < 1.29 is 19.1 Å². The second-order valence-electron chi connectivity index (χ2n) is 8.72. The van der Waals surface area contributed by atoms with Gasteiger partial charge >= 0.3 is 0 Å². The molecule has 3 aliphatic rings. The van der Waals surface area contributed by atoms with Crippen molar-refractivity contribution in [2.24, 2.45) is 7.05 Å². The molecule has 0 aliphatic carbocycles. The molecule has 0 bridgehead atoms. The van der Waals surface area contributed by atoms with Gasteiger partial charge in [-0.3, -0.25) is 24.4 Å². The molecule has 1 aromatic heterocycles. The Hall–Kier alpha value is -3.94. The molecule has 1 atom stereocenters. The Labute approximate surface area is 190 Å². The minimum Gasteiger partial charge on any atom is -0.493 e. The number of carbonyl (C=O) groups excluding carboxylic acids is 3.